The van der Waals surface area contributed by atoms with Crippen molar-refractivity contribution in [1.29, 1.82) is 0 Å². The number of rotatable bonds is 3. The lowest BCUT2D eigenvalue weighted by Crippen LogP contribution is -2.24. The van der Waals surface area contributed by atoms with Gasteiger partial charge in [0.2, 0.25) is 0 Å². The monoisotopic (exact) mass is 220 g/mol. The highest BCUT2D eigenvalue weighted by Crippen LogP contribution is 2.17. The lowest BCUT2D eigenvalue weighted by molar-refractivity contribution is 0.0690. The van der Waals surface area contributed by atoms with Gasteiger partial charge in [-0.25, -0.2) is 4.79 Å². The Hall–Kier alpha value is -2.22. The van der Waals surface area contributed by atoms with Crippen molar-refractivity contribution in [2.45, 2.75) is 13.8 Å². The molecule has 1 rings (SSSR count). The van der Waals surface area contributed by atoms with Gasteiger partial charge in [0.25, 0.3) is 5.91 Å². The van der Waals surface area contributed by atoms with E-state index in [1.807, 2.05) is 0 Å². The standard InChI is InChI=1S/C11H12N2O3/c1-4-5-12-10(14)8-6(2)9(11(15)16)13-7(8)3/h1,13H,5H2,2-3H3,(H,12,14)(H,15,16). The number of hydrogen-bond donors (Lipinski definition) is 3. The van der Waals surface area contributed by atoms with Gasteiger partial charge in [0.05, 0.1) is 12.1 Å². The maximum Gasteiger partial charge on any atom is 0.352 e. The first-order valence-electron chi connectivity index (χ1n) is 4.63. The molecule has 1 aromatic heterocycles. The number of carbonyl (C=O) groups is 2. The number of carboxylic acid groups (broad SMARTS) is 1. The van der Waals surface area contributed by atoms with E-state index in [4.69, 9.17) is 11.5 Å². The molecule has 0 spiro atoms. The van der Waals surface area contributed by atoms with Crippen LogP contribution in [0.4, 0.5) is 0 Å². The molecule has 0 unspecified atom stereocenters. The number of carboxylic acids is 1. The van der Waals surface area contributed by atoms with Crippen LogP contribution in [-0.2, 0) is 0 Å². The molecule has 5 nitrogen and oxygen atoms in total. The zero-order chi connectivity index (χ0) is 12.3. The normalized spacial score (nSPS) is 9.56. The largest absolute Gasteiger partial charge is 0.477 e. The molecule has 0 aromatic carbocycles. The number of amides is 1. The zero-order valence-electron chi connectivity index (χ0n) is 9.05. The van der Waals surface area contributed by atoms with Gasteiger partial charge in [0.1, 0.15) is 5.69 Å². The number of carbonyl (C=O) groups excluding carboxylic acids is 1. The molecule has 0 saturated carbocycles. The van der Waals surface area contributed by atoms with E-state index in [0.29, 0.717) is 16.8 Å². The molecular weight excluding hydrogens is 208 g/mol. The van der Waals surface area contributed by atoms with Crippen molar-refractivity contribution in [2.75, 3.05) is 6.54 Å². The number of nitrogens with one attached hydrogen (secondary N) is 2. The van der Waals surface area contributed by atoms with Crippen molar-refractivity contribution in [3.8, 4) is 12.3 Å². The molecule has 0 bridgehead atoms. The van der Waals surface area contributed by atoms with Gasteiger partial charge >= 0.3 is 5.97 Å². The van der Waals surface area contributed by atoms with Crippen LogP contribution in [0.1, 0.15) is 32.1 Å². The number of H-pyrrole nitrogens is 1. The predicted molar refractivity (Wildman–Crippen MR) is 58.4 cm³/mol. The van der Waals surface area contributed by atoms with E-state index in [1.54, 1.807) is 13.8 Å². The fraction of sp³-hybridized carbons (Fsp3) is 0.273. The van der Waals surface area contributed by atoms with Gasteiger partial charge in [-0.3, -0.25) is 4.79 Å². The molecule has 1 amide bonds. The van der Waals surface area contributed by atoms with Gasteiger partial charge in [0.15, 0.2) is 0 Å². The molecule has 0 aliphatic heterocycles. The Morgan fingerprint density at radius 2 is 2.12 bits per heavy atom. The summed E-state index contributed by atoms with van der Waals surface area (Å²) in [6, 6.07) is 0. The van der Waals surface area contributed by atoms with Gasteiger partial charge in [-0.2, -0.15) is 0 Å². The molecule has 0 aliphatic carbocycles. The highest BCUT2D eigenvalue weighted by molar-refractivity contribution is 6.00. The third kappa shape index (κ3) is 2.06. The van der Waals surface area contributed by atoms with Gasteiger partial charge in [-0.05, 0) is 19.4 Å². The van der Waals surface area contributed by atoms with Crippen LogP contribution >= 0.6 is 0 Å². The lowest BCUT2D eigenvalue weighted by Gasteiger charge is -2.01. The molecule has 0 radical (unpaired) electrons. The summed E-state index contributed by atoms with van der Waals surface area (Å²) in [5.74, 6) is 0.828. The lowest BCUT2D eigenvalue weighted by atomic mass is 10.1. The SMILES string of the molecule is C#CCNC(=O)c1c(C)[nH]c(C(=O)O)c1C. The molecule has 16 heavy (non-hydrogen) atoms. The minimum absolute atomic E-state index is 0.0309. The van der Waals surface area contributed by atoms with Crippen LogP contribution in [-0.4, -0.2) is 28.5 Å². The summed E-state index contributed by atoms with van der Waals surface area (Å²) in [5.41, 5.74) is 1.31. The predicted octanol–water partition coefficient (Wildman–Crippen LogP) is 0.693. The van der Waals surface area contributed by atoms with Crippen LogP contribution in [0.3, 0.4) is 0 Å². The van der Waals surface area contributed by atoms with Gasteiger partial charge < -0.3 is 15.4 Å². The minimum Gasteiger partial charge on any atom is -0.477 e. The van der Waals surface area contributed by atoms with E-state index in [9.17, 15) is 9.59 Å². The highest BCUT2D eigenvalue weighted by Gasteiger charge is 2.20. The maximum absolute atomic E-state index is 11.7. The molecular formula is C11H12N2O3. The topological polar surface area (TPSA) is 82.2 Å². The fourth-order valence-corrected chi connectivity index (χ4v) is 1.52. The van der Waals surface area contributed by atoms with E-state index < -0.39 is 5.97 Å². The first-order chi connectivity index (χ1) is 7.49. The number of aromatic carboxylic acids is 1. The van der Waals surface area contributed by atoms with Crippen molar-refractivity contribution >= 4 is 11.9 Å². The number of hydrogen-bond acceptors (Lipinski definition) is 2. The van der Waals surface area contributed by atoms with E-state index in [1.165, 1.54) is 0 Å². The van der Waals surface area contributed by atoms with Crippen LogP contribution in [0.5, 0.6) is 0 Å². The average molecular weight is 220 g/mol. The van der Waals surface area contributed by atoms with E-state index in [-0.39, 0.29) is 18.1 Å². The Kier molecular flexibility index (Phi) is 3.36. The minimum atomic E-state index is -1.09. The summed E-state index contributed by atoms with van der Waals surface area (Å²) in [4.78, 5) is 25.1. The Bertz CT molecular complexity index is 480. The third-order valence-corrected chi connectivity index (χ3v) is 2.23. The van der Waals surface area contributed by atoms with Gasteiger partial charge in [-0.1, -0.05) is 5.92 Å². The number of aromatic nitrogens is 1. The number of aromatic amines is 1. The number of aryl methyl sites for hydroxylation is 1. The molecule has 1 aromatic rings. The van der Waals surface area contributed by atoms with Crippen molar-refractivity contribution in [3.63, 3.8) is 0 Å². The second kappa shape index (κ2) is 4.53. The second-order valence-corrected chi connectivity index (χ2v) is 3.32. The molecule has 0 saturated heterocycles. The Balaban J connectivity index is 3.10. The van der Waals surface area contributed by atoms with Gasteiger partial charge in [0, 0.05) is 5.69 Å². The van der Waals surface area contributed by atoms with Gasteiger partial charge in [-0.15, -0.1) is 6.42 Å². The molecule has 0 atom stereocenters. The Labute approximate surface area is 92.9 Å². The van der Waals surface area contributed by atoms with Crippen LogP contribution in [0.2, 0.25) is 0 Å². The first kappa shape index (κ1) is 11.9. The second-order valence-electron chi connectivity index (χ2n) is 3.32. The van der Waals surface area contributed by atoms with Crippen molar-refractivity contribution in [1.82, 2.24) is 10.3 Å². The highest BCUT2D eigenvalue weighted by atomic mass is 16.4. The zero-order valence-corrected chi connectivity index (χ0v) is 9.05. The summed E-state index contributed by atoms with van der Waals surface area (Å²) >= 11 is 0. The van der Waals surface area contributed by atoms with Crippen molar-refractivity contribution in [2.24, 2.45) is 0 Å². The Morgan fingerprint density at radius 3 is 2.56 bits per heavy atom. The molecule has 0 aliphatic rings. The quantitative estimate of drug-likeness (QED) is 0.655. The van der Waals surface area contributed by atoms with E-state index in [0.717, 1.165) is 0 Å². The maximum atomic E-state index is 11.7. The fourth-order valence-electron chi connectivity index (χ4n) is 1.52. The Morgan fingerprint density at radius 1 is 1.50 bits per heavy atom. The smallest absolute Gasteiger partial charge is 0.352 e. The van der Waals surface area contributed by atoms with Crippen LogP contribution in [0.15, 0.2) is 0 Å². The molecule has 5 heteroatoms. The van der Waals surface area contributed by atoms with Crippen LogP contribution in [0, 0.1) is 26.2 Å². The molecule has 0 fully saturated rings. The summed E-state index contributed by atoms with van der Waals surface area (Å²) in [6.45, 7) is 3.34. The average Bonchev–Trinajstić information content (AvgIpc) is 2.51. The summed E-state index contributed by atoms with van der Waals surface area (Å²) in [5, 5.41) is 11.4. The van der Waals surface area contributed by atoms with E-state index >= 15 is 0 Å². The molecule has 1 heterocycles. The van der Waals surface area contributed by atoms with E-state index in [2.05, 4.69) is 16.2 Å². The third-order valence-electron chi connectivity index (χ3n) is 2.23. The van der Waals surface area contributed by atoms with Crippen LogP contribution in [0.25, 0.3) is 0 Å². The summed E-state index contributed by atoms with van der Waals surface area (Å²) in [7, 11) is 0. The van der Waals surface area contributed by atoms with Crippen molar-refractivity contribution in [3.05, 3.63) is 22.5 Å². The first-order valence-corrected chi connectivity index (χ1v) is 4.63. The van der Waals surface area contributed by atoms with Crippen LogP contribution < -0.4 is 5.32 Å². The molecule has 3 N–H and O–H groups in total. The summed E-state index contributed by atoms with van der Waals surface area (Å²) < 4.78 is 0. The summed E-state index contributed by atoms with van der Waals surface area (Å²) in [6.07, 6.45) is 5.02. The molecule has 84 valence electrons. The number of terminal acetylenes is 1. The van der Waals surface area contributed by atoms with Crippen molar-refractivity contribution < 1.29 is 14.7 Å².